The van der Waals surface area contributed by atoms with Crippen LogP contribution in [-0.4, -0.2) is 24.3 Å². The third-order valence-corrected chi connectivity index (χ3v) is 3.31. The Morgan fingerprint density at radius 1 is 1.48 bits per heavy atom. The Balaban J connectivity index is 2.93. The number of carbonyl (C=O) groups excluding carboxylic acids is 2. The van der Waals surface area contributed by atoms with Gasteiger partial charge >= 0.3 is 5.63 Å². The summed E-state index contributed by atoms with van der Waals surface area (Å²) in [5.74, 6) is -0.469. The summed E-state index contributed by atoms with van der Waals surface area (Å²) in [6.45, 7) is 3.03. The minimum absolute atomic E-state index is 0.0156. The number of ketones is 1. The van der Waals surface area contributed by atoms with Crippen LogP contribution in [0.4, 0.5) is 0 Å². The highest BCUT2D eigenvalue weighted by Gasteiger charge is 2.20. The molecule has 1 heterocycles. The SMILES string of the molecule is COc1cc2c(C)c(CC(C)=O)c(=O)oc2c(C=O)c1O. The third-order valence-electron chi connectivity index (χ3n) is 3.31. The van der Waals surface area contributed by atoms with E-state index in [0.29, 0.717) is 17.2 Å². The van der Waals surface area contributed by atoms with E-state index in [2.05, 4.69) is 0 Å². The smallest absolute Gasteiger partial charge is 0.340 e. The summed E-state index contributed by atoms with van der Waals surface area (Å²) in [5.41, 5.74) is -0.0997. The van der Waals surface area contributed by atoms with Gasteiger partial charge in [0.25, 0.3) is 0 Å². The number of methoxy groups -OCH3 is 1. The molecule has 0 aliphatic heterocycles. The zero-order valence-electron chi connectivity index (χ0n) is 11.9. The lowest BCUT2D eigenvalue weighted by Gasteiger charge is -2.11. The largest absolute Gasteiger partial charge is 0.504 e. The maximum atomic E-state index is 12.0. The highest BCUT2D eigenvalue weighted by molar-refractivity contribution is 6.00. The molecule has 6 heteroatoms. The Hall–Kier alpha value is -2.63. The van der Waals surface area contributed by atoms with Gasteiger partial charge < -0.3 is 14.3 Å². The molecule has 2 aromatic rings. The van der Waals surface area contributed by atoms with Crippen molar-refractivity contribution in [2.24, 2.45) is 0 Å². The van der Waals surface area contributed by atoms with Gasteiger partial charge in [0.15, 0.2) is 23.4 Å². The van der Waals surface area contributed by atoms with Crippen LogP contribution < -0.4 is 10.4 Å². The molecule has 0 fully saturated rings. The number of hydrogen-bond acceptors (Lipinski definition) is 6. The fourth-order valence-corrected chi connectivity index (χ4v) is 2.23. The maximum Gasteiger partial charge on any atom is 0.340 e. The molecule has 1 N–H and O–H groups in total. The fraction of sp³-hybridized carbons (Fsp3) is 0.267. The number of rotatable bonds is 4. The summed E-state index contributed by atoms with van der Waals surface area (Å²) < 4.78 is 10.1. The summed E-state index contributed by atoms with van der Waals surface area (Å²) in [6.07, 6.45) is 0.344. The van der Waals surface area contributed by atoms with Gasteiger partial charge in [-0.2, -0.15) is 0 Å². The Morgan fingerprint density at radius 2 is 2.14 bits per heavy atom. The lowest BCUT2D eigenvalue weighted by molar-refractivity contribution is -0.116. The molecule has 1 aromatic carbocycles. The van der Waals surface area contributed by atoms with E-state index < -0.39 is 5.63 Å². The fourth-order valence-electron chi connectivity index (χ4n) is 2.23. The number of aryl methyl sites for hydroxylation is 1. The molecule has 0 radical (unpaired) electrons. The van der Waals surface area contributed by atoms with Gasteiger partial charge in [-0.15, -0.1) is 0 Å². The first-order chi connectivity index (χ1) is 9.90. The summed E-state index contributed by atoms with van der Waals surface area (Å²) in [7, 11) is 1.35. The molecule has 0 spiro atoms. The molecule has 0 unspecified atom stereocenters. The quantitative estimate of drug-likeness (QED) is 0.681. The molecule has 0 bridgehead atoms. The summed E-state index contributed by atoms with van der Waals surface area (Å²) in [6, 6.07) is 1.47. The average molecular weight is 290 g/mol. The third kappa shape index (κ3) is 2.40. The van der Waals surface area contributed by atoms with Crippen LogP contribution in [0.2, 0.25) is 0 Å². The Kier molecular flexibility index (Phi) is 3.80. The zero-order valence-corrected chi connectivity index (χ0v) is 11.9. The number of fused-ring (bicyclic) bond motifs is 1. The number of hydrogen-bond donors (Lipinski definition) is 1. The van der Waals surface area contributed by atoms with E-state index in [1.165, 1.54) is 20.1 Å². The molecule has 0 saturated carbocycles. The van der Waals surface area contributed by atoms with Crippen LogP contribution in [0.3, 0.4) is 0 Å². The number of carbonyl (C=O) groups is 2. The monoisotopic (exact) mass is 290 g/mol. The standard InChI is InChI=1S/C15H14O6/c1-7(17)4-10-8(2)9-5-12(20-3)13(18)11(6-16)14(9)21-15(10)19/h5-6,18H,4H2,1-3H3. The van der Waals surface area contributed by atoms with Crippen LogP contribution in [0, 0.1) is 6.92 Å². The molecule has 0 saturated heterocycles. The van der Waals surface area contributed by atoms with E-state index >= 15 is 0 Å². The minimum Gasteiger partial charge on any atom is -0.504 e. The Bertz CT molecular complexity index is 800. The average Bonchev–Trinajstić information content (AvgIpc) is 2.43. The maximum absolute atomic E-state index is 12.0. The van der Waals surface area contributed by atoms with Gasteiger partial charge in [-0.1, -0.05) is 0 Å². The van der Waals surface area contributed by atoms with Crippen LogP contribution in [0.25, 0.3) is 11.0 Å². The van der Waals surface area contributed by atoms with Crippen LogP contribution in [0.1, 0.15) is 28.4 Å². The lowest BCUT2D eigenvalue weighted by Crippen LogP contribution is -2.14. The van der Waals surface area contributed by atoms with Gasteiger partial charge in [-0.3, -0.25) is 9.59 Å². The van der Waals surface area contributed by atoms with Crippen LogP contribution >= 0.6 is 0 Å². The summed E-state index contributed by atoms with van der Waals surface area (Å²) >= 11 is 0. The molecular formula is C15H14O6. The first-order valence-corrected chi connectivity index (χ1v) is 6.21. The van der Waals surface area contributed by atoms with Crippen molar-refractivity contribution in [2.45, 2.75) is 20.3 Å². The topological polar surface area (TPSA) is 93.8 Å². The highest BCUT2D eigenvalue weighted by Crippen LogP contribution is 2.36. The molecule has 2 rings (SSSR count). The first kappa shape index (κ1) is 14.8. The van der Waals surface area contributed by atoms with Gasteiger partial charge in [0.1, 0.15) is 11.3 Å². The predicted molar refractivity (Wildman–Crippen MR) is 75.2 cm³/mol. The Labute approximate surface area is 119 Å². The van der Waals surface area contributed by atoms with Gasteiger partial charge in [-0.25, -0.2) is 4.79 Å². The molecule has 0 aliphatic carbocycles. The van der Waals surface area contributed by atoms with Crippen LogP contribution in [-0.2, 0) is 11.2 Å². The van der Waals surface area contributed by atoms with Crippen LogP contribution in [0.15, 0.2) is 15.3 Å². The van der Waals surface area contributed by atoms with Gasteiger partial charge in [0.2, 0.25) is 0 Å². The summed E-state index contributed by atoms with van der Waals surface area (Å²) in [5, 5.41) is 10.4. The van der Waals surface area contributed by atoms with Gasteiger partial charge in [0, 0.05) is 17.4 Å². The van der Waals surface area contributed by atoms with Crippen molar-refractivity contribution in [3.05, 3.63) is 33.2 Å². The predicted octanol–water partition coefficient (Wildman–Crippen LogP) is 1.76. The van der Waals surface area contributed by atoms with E-state index in [9.17, 15) is 19.5 Å². The van der Waals surface area contributed by atoms with Crippen molar-refractivity contribution in [1.29, 1.82) is 0 Å². The second kappa shape index (κ2) is 5.40. The second-order valence-electron chi connectivity index (χ2n) is 4.71. The Morgan fingerprint density at radius 3 is 2.67 bits per heavy atom. The molecule has 21 heavy (non-hydrogen) atoms. The molecule has 1 aromatic heterocycles. The number of phenols is 1. The molecular weight excluding hydrogens is 276 g/mol. The van der Waals surface area contributed by atoms with Crippen molar-refractivity contribution in [1.82, 2.24) is 0 Å². The van der Waals surface area contributed by atoms with Crippen molar-refractivity contribution in [3.63, 3.8) is 0 Å². The normalized spacial score (nSPS) is 10.6. The van der Waals surface area contributed by atoms with Crippen molar-refractivity contribution >= 4 is 23.0 Å². The highest BCUT2D eigenvalue weighted by atomic mass is 16.5. The minimum atomic E-state index is -0.692. The number of ether oxygens (including phenoxy) is 1. The van der Waals surface area contributed by atoms with Crippen LogP contribution in [0.5, 0.6) is 11.5 Å². The molecule has 0 aliphatic rings. The van der Waals surface area contributed by atoms with Crippen molar-refractivity contribution in [3.8, 4) is 11.5 Å². The van der Waals surface area contributed by atoms with E-state index in [4.69, 9.17) is 9.15 Å². The second-order valence-corrected chi connectivity index (χ2v) is 4.71. The molecule has 110 valence electrons. The molecule has 0 amide bonds. The van der Waals surface area contributed by atoms with Gasteiger partial charge in [0.05, 0.1) is 7.11 Å². The number of phenolic OH excluding ortho intramolecular Hbond substituents is 1. The summed E-state index contributed by atoms with van der Waals surface area (Å²) in [4.78, 5) is 34.4. The first-order valence-electron chi connectivity index (χ1n) is 6.21. The van der Waals surface area contributed by atoms with Crippen molar-refractivity contribution in [2.75, 3.05) is 7.11 Å². The van der Waals surface area contributed by atoms with E-state index in [-0.39, 0.29) is 40.4 Å². The lowest BCUT2D eigenvalue weighted by atomic mass is 10.00. The van der Waals surface area contributed by atoms with E-state index in [1.54, 1.807) is 6.92 Å². The molecule has 0 atom stereocenters. The number of benzene rings is 1. The number of Topliss-reactive ketones (excluding diaryl/α,β-unsaturated/α-hetero) is 1. The molecule has 6 nitrogen and oxygen atoms in total. The van der Waals surface area contributed by atoms with Crippen molar-refractivity contribution < 1.29 is 23.8 Å². The van der Waals surface area contributed by atoms with E-state index in [1.807, 2.05) is 0 Å². The number of aldehydes is 1. The number of aromatic hydroxyl groups is 1. The zero-order chi connectivity index (χ0) is 15.7. The van der Waals surface area contributed by atoms with Gasteiger partial charge in [-0.05, 0) is 25.5 Å². The van der Waals surface area contributed by atoms with E-state index in [0.717, 1.165) is 0 Å².